The lowest BCUT2D eigenvalue weighted by molar-refractivity contribution is 0.0922. The molecule has 0 radical (unpaired) electrons. The van der Waals surface area contributed by atoms with Gasteiger partial charge in [-0.25, -0.2) is 0 Å². The van der Waals surface area contributed by atoms with Gasteiger partial charge in [0.1, 0.15) is 12.0 Å². The van der Waals surface area contributed by atoms with E-state index in [1.165, 1.54) is 25.6 Å². The summed E-state index contributed by atoms with van der Waals surface area (Å²) in [5, 5.41) is 3.00. The van der Waals surface area contributed by atoms with E-state index in [4.69, 9.17) is 10.2 Å². The largest absolute Gasteiger partial charge is 0.467 e. The van der Waals surface area contributed by atoms with Crippen LogP contribution in [0.3, 0.4) is 0 Å². The minimum atomic E-state index is -0.0740. The second-order valence-corrected chi connectivity index (χ2v) is 5.81. The molecule has 20 heavy (non-hydrogen) atoms. The molecule has 1 atom stereocenters. The van der Waals surface area contributed by atoms with Gasteiger partial charge in [-0.05, 0) is 45.2 Å². The molecular weight excluding hydrogens is 254 g/mol. The molecule has 2 rings (SSSR count). The summed E-state index contributed by atoms with van der Waals surface area (Å²) in [5.41, 5.74) is 6.02. The van der Waals surface area contributed by atoms with Crippen LogP contribution in [-0.2, 0) is 6.54 Å². The first kappa shape index (κ1) is 15.1. The number of nitrogens with zero attached hydrogens (tertiary/aromatic N) is 1. The summed E-state index contributed by atoms with van der Waals surface area (Å²) in [4.78, 5) is 14.5. The van der Waals surface area contributed by atoms with Crippen molar-refractivity contribution in [2.24, 2.45) is 11.7 Å². The smallest absolute Gasteiger partial charge is 0.254 e. The van der Waals surface area contributed by atoms with Crippen molar-refractivity contribution < 1.29 is 9.21 Å². The van der Waals surface area contributed by atoms with Gasteiger partial charge in [0.2, 0.25) is 0 Å². The monoisotopic (exact) mass is 279 g/mol. The molecule has 0 aliphatic carbocycles. The SMILES string of the molecule is CC(C)N1CCCC(CNC(=O)c2coc(CN)c2)C1. The van der Waals surface area contributed by atoms with Crippen LogP contribution < -0.4 is 11.1 Å². The molecule has 1 aliphatic rings. The van der Waals surface area contributed by atoms with Gasteiger partial charge in [0, 0.05) is 19.1 Å². The maximum atomic E-state index is 12.0. The molecule has 1 fully saturated rings. The van der Waals surface area contributed by atoms with Crippen molar-refractivity contribution in [2.75, 3.05) is 19.6 Å². The van der Waals surface area contributed by atoms with Crippen LogP contribution in [0.15, 0.2) is 16.7 Å². The zero-order valence-electron chi connectivity index (χ0n) is 12.4. The number of amides is 1. The fourth-order valence-electron chi connectivity index (χ4n) is 2.68. The molecule has 1 aliphatic heterocycles. The molecule has 0 bridgehead atoms. The van der Waals surface area contributed by atoms with Gasteiger partial charge in [-0.15, -0.1) is 0 Å². The number of likely N-dealkylation sites (tertiary alicyclic amines) is 1. The van der Waals surface area contributed by atoms with Crippen molar-refractivity contribution in [1.82, 2.24) is 10.2 Å². The molecular formula is C15H25N3O2. The van der Waals surface area contributed by atoms with E-state index >= 15 is 0 Å². The molecule has 2 heterocycles. The van der Waals surface area contributed by atoms with Crippen molar-refractivity contribution in [3.05, 3.63) is 23.7 Å². The predicted molar refractivity (Wildman–Crippen MR) is 78.4 cm³/mol. The van der Waals surface area contributed by atoms with E-state index in [-0.39, 0.29) is 5.91 Å². The molecule has 112 valence electrons. The number of nitrogens with two attached hydrogens (primary N) is 1. The number of piperidine rings is 1. The third-order valence-electron chi connectivity index (χ3n) is 3.95. The quantitative estimate of drug-likeness (QED) is 0.858. The zero-order valence-corrected chi connectivity index (χ0v) is 12.4. The van der Waals surface area contributed by atoms with E-state index in [1.807, 2.05) is 0 Å². The number of rotatable bonds is 5. The van der Waals surface area contributed by atoms with Crippen LogP contribution in [0.1, 0.15) is 42.8 Å². The van der Waals surface area contributed by atoms with Crippen molar-refractivity contribution in [1.29, 1.82) is 0 Å². The Kier molecular flexibility index (Phi) is 5.20. The molecule has 5 heteroatoms. The average Bonchev–Trinajstić information content (AvgIpc) is 2.94. The molecule has 1 aromatic heterocycles. The summed E-state index contributed by atoms with van der Waals surface area (Å²) in [6.07, 6.45) is 3.86. The van der Waals surface area contributed by atoms with E-state index in [0.717, 1.165) is 13.1 Å². The van der Waals surface area contributed by atoms with Gasteiger partial charge in [0.05, 0.1) is 12.1 Å². The van der Waals surface area contributed by atoms with Crippen molar-refractivity contribution in [2.45, 2.75) is 39.3 Å². The third kappa shape index (κ3) is 3.84. The van der Waals surface area contributed by atoms with Crippen LogP contribution in [0.2, 0.25) is 0 Å². The molecule has 3 N–H and O–H groups in total. The standard InChI is InChI=1S/C15H25N3O2/c1-11(2)18-5-3-4-12(9-18)8-17-15(19)13-6-14(7-16)20-10-13/h6,10-12H,3-5,7-9,16H2,1-2H3,(H,17,19). The van der Waals surface area contributed by atoms with Crippen LogP contribution in [0, 0.1) is 5.92 Å². The Balaban J connectivity index is 1.81. The lowest BCUT2D eigenvalue weighted by Crippen LogP contribution is -2.43. The first-order valence-corrected chi connectivity index (χ1v) is 7.40. The first-order valence-electron chi connectivity index (χ1n) is 7.40. The normalized spacial score (nSPS) is 20.3. The van der Waals surface area contributed by atoms with Gasteiger partial charge in [-0.1, -0.05) is 0 Å². The molecule has 5 nitrogen and oxygen atoms in total. The fraction of sp³-hybridized carbons (Fsp3) is 0.667. The van der Waals surface area contributed by atoms with Crippen LogP contribution in [0.5, 0.6) is 0 Å². The summed E-state index contributed by atoms with van der Waals surface area (Å²) in [6.45, 7) is 7.73. The average molecular weight is 279 g/mol. The maximum absolute atomic E-state index is 12.0. The summed E-state index contributed by atoms with van der Waals surface area (Å²) in [5.74, 6) is 1.10. The minimum absolute atomic E-state index is 0.0740. The van der Waals surface area contributed by atoms with Gasteiger partial charge in [0.25, 0.3) is 5.91 Å². The molecule has 1 saturated heterocycles. The molecule has 1 aromatic rings. The maximum Gasteiger partial charge on any atom is 0.254 e. The van der Waals surface area contributed by atoms with E-state index in [9.17, 15) is 4.79 Å². The molecule has 0 saturated carbocycles. The van der Waals surface area contributed by atoms with E-state index in [1.54, 1.807) is 6.07 Å². The number of carbonyl (C=O) groups is 1. The topological polar surface area (TPSA) is 71.5 Å². The lowest BCUT2D eigenvalue weighted by Gasteiger charge is -2.35. The number of furan rings is 1. The molecule has 1 unspecified atom stereocenters. The van der Waals surface area contributed by atoms with Crippen LogP contribution in [0.4, 0.5) is 0 Å². The highest BCUT2D eigenvalue weighted by molar-refractivity contribution is 5.93. The Hall–Kier alpha value is -1.33. The Labute approximate surface area is 120 Å². The van der Waals surface area contributed by atoms with Gasteiger partial charge in [0.15, 0.2) is 0 Å². The van der Waals surface area contributed by atoms with Gasteiger partial charge < -0.3 is 20.4 Å². The zero-order chi connectivity index (χ0) is 14.5. The highest BCUT2D eigenvalue weighted by Gasteiger charge is 2.22. The second kappa shape index (κ2) is 6.90. The minimum Gasteiger partial charge on any atom is -0.467 e. The van der Waals surface area contributed by atoms with Crippen LogP contribution in [-0.4, -0.2) is 36.5 Å². The van der Waals surface area contributed by atoms with Gasteiger partial charge in [-0.2, -0.15) is 0 Å². The van der Waals surface area contributed by atoms with Crippen molar-refractivity contribution in [3.63, 3.8) is 0 Å². The second-order valence-electron chi connectivity index (χ2n) is 5.81. The van der Waals surface area contributed by atoms with Crippen molar-refractivity contribution in [3.8, 4) is 0 Å². The van der Waals surface area contributed by atoms with Crippen LogP contribution >= 0.6 is 0 Å². The molecule has 1 amide bonds. The Morgan fingerprint density at radius 3 is 3.05 bits per heavy atom. The van der Waals surface area contributed by atoms with Gasteiger partial charge in [-0.3, -0.25) is 4.79 Å². The number of hydrogen-bond acceptors (Lipinski definition) is 4. The van der Waals surface area contributed by atoms with E-state index < -0.39 is 0 Å². The number of hydrogen-bond donors (Lipinski definition) is 2. The summed E-state index contributed by atoms with van der Waals surface area (Å²) >= 11 is 0. The highest BCUT2D eigenvalue weighted by atomic mass is 16.3. The Bertz CT molecular complexity index is 442. The van der Waals surface area contributed by atoms with Crippen LogP contribution in [0.25, 0.3) is 0 Å². The third-order valence-corrected chi connectivity index (χ3v) is 3.95. The predicted octanol–water partition coefficient (Wildman–Crippen LogP) is 1.59. The number of nitrogens with one attached hydrogen (secondary N) is 1. The summed E-state index contributed by atoms with van der Waals surface area (Å²) < 4.78 is 5.18. The molecule has 0 aromatic carbocycles. The summed E-state index contributed by atoms with van der Waals surface area (Å²) in [6, 6.07) is 2.28. The summed E-state index contributed by atoms with van der Waals surface area (Å²) in [7, 11) is 0. The highest BCUT2D eigenvalue weighted by Crippen LogP contribution is 2.18. The first-order chi connectivity index (χ1) is 9.60. The lowest BCUT2D eigenvalue weighted by atomic mass is 9.97. The van der Waals surface area contributed by atoms with E-state index in [0.29, 0.717) is 29.8 Å². The van der Waals surface area contributed by atoms with E-state index in [2.05, 4.69) is 24.1 Å². The Morgan fingerprint density at radius 2 is 2.40 bits per heavy atom. The Morgan fingerprint density at radius 1 is 1.60 bits per heavy atom. The van der Waals surface area contributed by atoms with Gasteiger partial charge >= 0.3 is 0 Å². The van der Waals surface area contributed by atoms with Crippen molar-refractivity contribution >= 4 is 5.91 Å². The molecule has 0 spiro atoms. The fourth-order valence-corrected chi connectivity index (χ4v) is 2.68. The number of carbonyl (C=O) groups excluding carboxylic acids is 1.